The number of carbonyl (C=O) groups excluding carboxylic acids is 1. The van der Waals surface area contributed by atoms with Gasteiger partial charge >= 0.3 is 6.09 Å². The van der Waals surface area contributed by atoms with Gasteiger partial charge in [0.25, 0.3) is 10.0 Å². The molecule has 0 fully saturated rings. The fourth-order valence-corrected chi connectivity index (χ4v) is 3.25. The van der Waals surface area contributed by atoms with Crippen molar-refractivity contribution >= 4 is 16.1 Å². The normalized spacial score (nSPS) is 12.4. The first-order valence-electron chi connectivity index (χ1n) is 8.05. The number of hydrogen-bond donors (Lipinski definition) is 0. The molecule has 0 aliphatic carbocycles. The number of sulfonamides is 1. The van der Waals surface area contributed by atoms with Crippen LogP contribution in [0.2, 0.25) is 0 Å². The molecule has 5 nitrogen and oxygen atoms in total. The van der Waals surface area contributed by atoms with Crippen LogP contribution in [0.25, 0.3) is 0 Å². The Morgan fingerprint density at radius 1 is 1.17 bits per heavy atom. The van der Waals surface area contributed by atoms with E-state index in [2.05, 4.69) is 0 Å². The molecule has 0 saturated heterocycles. The van der Waals surface area contributed by atoms with E-state index in [1.54, 1.807) is 32.9 Å². The molecule has 6 heteroatoms. The first-order chi connectivity index (χ1) is 11.1. The Balaban J connectivity index is 3.12. The summed E-state index contributed by atoms with van der Waals surface area (Å²) in [5, 5.41) is 0. The van der Waals surface area contributed by atoms with Gasteiger partial charge in [-0.15, -0.1) is 0 Å². The summed E-state index contributed by atoms with van der Waals surface area (Å²) in [6.45, 7) is 9.03. The van der Waals surface area contributed by atoms with Gasteiger partial charge in [-0.05, 0) is 52.7 Å². The topological polar surface area (TPSA) is 63.7 Å². The molecule has 24 heavy (non-hydrogen) atoms. The van der Waals surface area contributed by atoms with Crippen LogP contribution in [0.5, 0.6) is 0 Å². The van der Waals surface area contributed by atoms with Crippen LogP contribution >= 0.6 is 0 Å². The average molecular weight is 353 g/mol. The van der Waals surface area contributed by atoms with Gasteiger partial charge in [0.05, 0.1) is 4.90 Å². The predicted molar refractivity (Wildman–Crippen MR) is 95.4 cm³/mol. The molecule has 0 N–H and O–H groups in total. The van der Waals surface area contributed by atoms with E-state index in [9.17, 15) is 13.2 Å². The van der Waals surface area contributed by atoms with Crippen molar-refractivity contribution in [2.24, 2.45) is 0 Å². The monoisotopic (exact) mass is 353 g/mol. The number of aryl methyl sites for hydroxylation is 1. The fraction of sp³-hybridized carbons (Fsp3) is 0.500. The zero-order valence-electron chi connectivity index (χ0n) is 15.1. The molecule has 0 heterocycles. The smallest absolute Gasteiger partial charge is 0.424 e. The number of ether oxygens (including phenoxy) is 1. The Hall–Kier alpha value is -1.82. The van der Waals surface area contributed by atoms with Crippen molar-refractivity contribution in [2.45, 2.75) is 58.0 Å². The molecule has 0 atom stereocenters. The lowest BCUT2D eigenvalue weighted by Crippen LogP contribution is -2.41. The van der Waals surface area contributed by atoms with Crippen LogP contribution < -0.4 is 0 Å². The van der Waals surface area contributed by atoms with Crippen molar-refractivity contribution in [1.82, 2.24) is 4.31 Å². The molecular weight excluding hydrogens is 326 g/mol. The largest absolute Gasteiger partial charge is 0.443 e. The lowest BCUT2D eigenvalue weighted by Gasteiger charge is -2.26. The van der Waals surface area contributed by atoms with Gasteiger partial charge in [-0.2, -0.15) is 0 Å². The summed E-state index contributed by atoms with van der Waals surface area (Å²) in [5.41, 5.74) is 0.181. The molecule has 1 aromatic rings. The molecule has 0 unspecified atom stereocenters. The minimum Gasteiger partial charge on any atom is -0.443 e. The molecule has 1 aromatic carbocycles. The van der Waals surface area contributed by atoms with Crippen molar-refractivity contribution < 1.29 is 17.9 Å². The van der Waals surface area contributed by atoms with Crippen LogP contribution in [0.4, 0.5) is 4.79 Å². The van der Waals surface area contributed by atoms with E-state index in [1.807, 2.05) is 26.0 Å². The van der Waals surface area contributed by atoms with E-state index < -0.39 is 21.7 Å². The molecule has 0 aromatic heterocycles. The first kappa shape index (κ1) is 20.2. The Morgan fingerprint density at radius 3 is 2.25 bits per heavy atom. The lowest BCUT2D eigenvalue weighted by molar-refractivity contribution is 0.0393. The maximum absolute atomic E-state index is 12.8. The molecule has 0 bridgehead atoms. The van der Waals surface area contributed by atoms with Gasteiger partial charge in [0.2, 0.25) is 0 Å². The second kappa shape index (κ2) is 8.33. The van der Waals surface area contributed by atoms with E-state index in [-0.39, 0.29) is 11.4 Å². The van der Waals surface area contributed by atoms with Crippen LogP contribution in [-0.2, 0) is 14.8 Å². The van der Waals surface area contributed by atoms with E-state index in [0.717, 1.165) is 16.3 Å². The highest BCUT2D eigenvalue weighted by atomic mass is 32.2. The SMILES string of the molecule is CC/C=C/CCN(C(=O)OC(C)(C)C)S(=O)(=O)c1ccc(C)cc1. The van der Waals surface area contributed by atoms with Crippen LogP contribution in [-0.4, -0.2) is 31.0 Å². The first-order valence-corrected chi connectivity index (χ1v) is 9.49. The number of benzene rings is 1. The van der Waals surface area contributed by atoms with Gasteiger partial charge in [0.15, 0.2) is 0 Å². The fourth-order valence-electron chi connectivity index (χ4n) is 1.94. The number of amides is 1. The average Bonchev–Trinajstić information content (AvgIpc) is 2.45. The van der Waals surface area contributed by atoms with E-state index >= 15 is 0 Å². The van der Waals surface area contributed by atoms with E-state index in [1.165, 1.54) is 12.1 Å². The summed E-state index contributed by atoms with van der Waals surface area (Å²) in [6, 6.07) is 6.42. The molecular formula is C18H27NO4S. The van der Waals surface area contributed by atoms with Gasteiger partial charge in [-0.25, -0.2) is 17.5 Å². The van der Waals surface area contributed by atoms with Gasteiger partial charge in [-0.1, -0.05) is 36.8 Å². The van der Waals surface area contributed by atoms with Crippen molar-refractivity contribution in [3.63, 3.8) is 0 Å². The summed E-state index contributed by atoms with van der Waals surface area (Å²) >= 11 is 0. The standard InChI is InChI=1S/C18H27NO4S/c1-6-7-8-9-14-19(17(20)23-18(3,4)5)24(21,22)16-12-10-15(2)11-13-16/h7-8,10-13H,6,9,14H2,1-5H3/b8-7+. The maximum atomic E-state index is 12.8. The molecule has 1 amide bonds. The second-order valence-electron chi connectivity index (χ2n) is 6.54. The van der Waals surface area contributed by atoms with Crippen molar-refractivity contribution in [3.05, 3.63) is 42.0 Å². The van der Waals surface area contributed by atoms with Gasteiger partial charge < -0.3 is 4.74 Å². The van der Waals surface area contributed by atoms with Crippen LogP contribution in [0, 0.1) is 6.92 Å². The molecule has 0 aliphatic heterocycles. The molecule has 0 radical (unpaired) electrons. The third-order valence-corrected chi connectivity index (χ3v) is 4.89. The minimum atomic E-state index is -3.95. The van der Waals surface area contributed by atoms with Crippen LogP contribution in [0.1, 0.15) is 46.1 Å². The summed E-state index contributed by atoms with van der Waals surface area (Å²) in [5.74, 6) is 0. The lowest BCUT2D eigenvalue weighted by atomic mass is 10.2. The quantitative estimate of drug-likeness (QED) is 0.716. The number of hydrogen-bond acceptors (Lipinski definition) is 4. The zero-order chi connectivity index (χ0) is 18.4. The Labute approximate surface area is 145 Å². The summed E-state index contributed by atoms with van der Waals surface area (Å²) < 4.78 is 31.8. The molecule has 0 spiro atoms. The number of nitrogens with zero attached hydrogens (tertiary/aromatic N) is 1. The Kier molecular flexibility index (Phi) is 7.02. The van der Waals surface area contributed by atoms with Crippen molar-refractivity contribution in [3.8, 4) is 0 Å². The van der Waals surface area contributed by atoms with Crippen LogP contribution in [0.3, 0.4) is 0 Å². The maximum Gasteiger partial charge on any atom is 0.424 e. The number of rotatable bonds is 6. The third-order valence-electron chi connectivity index (χ3n) is 3.11. The van der Waals surface area contributed by atoms with Gasteiger partial charge in [0.1, 0.15) is 5.60 Å². The molecule has 134 valence electrons. The Bertz CT molecular complexity index is 670. The minimum absolute atomic E-state index is 0.0433. The molecule has 0 saturated carbocycles. The molecule has 1 rings (SSSR count). The highest BCUT2D eigenvalue weighted by molar-refractivity contribution is 7.89. The third kappa shape index (κ3) is 6.00. The highest BCUT2D eigenvalue weighted by Gasteiger charge is 2.32. The van der Waals surface area contributed by atoms with Gasteiger partial charge in [0, 0.05) is 6.54 Å². The second-order valence-corrected chi connectivity index (χ2v) is 8.40. The predicted octanol–water partition coefficient (Wildman–Crippen LogP) is 4.28. The van der Waals surface area contributed by atoms with Crippen LogP contribution in [0.15, 0.2) is 41.3 Å². The van der Waals surface area contributed by atoms with Crippen molar-refractivity contribution in [2.75, 3.05) is 6.54 Å². The number of allylic oxidation sites excluding steroid dienone is 1. The molecule has 0 aliphatic rings. The highest BCUT2D eigenvalue weighted by Crippen LogP contribution is 2.20. The van der Waals surface area contributed by atoms with Gasteiger partial charge in [-0.3, -0.25) is 0 Å². The zero-order valence-corrected chi connectivity index (χ0v) is 15.9. The summed E-state index contributed by atoms with van der Waals surface area (Å²) in [4.78, 5) is 12.5. The van der Waals surface area contributed by atoms with Crippen molar-refractivity contribution in [1.29, 1.82) is 0 Å². The summed E-state index contributed by atoms with van der Waals surface area (Å²) in [7, 11) is -3.95. The van der Waals surface area contributed by atoms with E-state index in [4.69, 9.17) is 4.74 Å². The summed E-state index contributed by atoms with van der Waals surface area (Å²) in [6.07, 6.45) is 4.25. The number of carbonyl (C=O) groups is 1. The Morgan fingerprint density at radius 2 is 1.75 bits per heavy atom. The van der Waals surface area contributed by atoms with E-state index in [0.29, 0.717) is 6.42 Å².